The molecular formula is C8H5ClN2O2. The average Bonchev–Trinajstić information content (AvgIpc) is 2.01. The van der Waals surface area contributed by atoms with Gasteiger partial charge in [0.05, 0.1) is 4.92 Å². The Kier molecular flexibility index (Phi) is 2.49. The van der Waals surface area contributed by atoms with Gasteiger partial charge < -0.3 is 0 Å². The van der Waals surface area contributed by atoms with Crippen LogP contribution in [0.25, 0.3) is 0 Å². The van der Waals surface area contributed by atoms with Gasteiger partial charge in [0.1, 0.15) is 16.7 Å². The van der Waals surface area contributed by atoms with Gasteiger partial charge in [0, 0.05) is 0 Å². The number of nitro groups is 1. The quantitative estimate of drug-likeness (QED) is 0.512. The minimum absolute atomic E-state index is 0.00144. The standard InChI is InChI=1S/C8H5ClN2O2/c1-5-2-6(4-10)8(11(12)13)7(9)3-5/h2-3H,1H3. The number of rotatable bonds is 1. The van der Waals surface area contributed by atoms with E-state index in [1.807, 2.05) is 0 Å². The third-order valence-electron chi connectivity index (χ3n) is 1.51. The smallest absolute Gasteiger partial charge is 0.258 e. The molecule has 0 bridgehead atoms. The van der Waals surface area contributed by atoms with E-state index < -0.39 is 4.92 Å². The van der Waals surface area contributed by atoms with Gasteiger partial charge in [-0.3, -0.25) is 10.1 Å². The van der Waals surface area contributed by atoms with Crippen LogP contribution in [0.1, 0.15) is 11.1 Å². The van der Waals surface area contributed by atoms with Crippen molar-refractivity contribution in [2.24, 2.45) is 0 Å². The zero-order valence-corrected chi connectivity index (χ0v) is 7.50. The molecule has 0 amide bonds. The number of benzene rings is 1. The van der Waals surface area contributed by atoms with Crippen molar-refractivity contribution in [1.29, 1.82) is 5.26 Å². The monoisotopic (exact) mass is 196 g/mol. The molecule has 0 aromatic heterocycles. The summed E-state index contributed by atoms with van der Waals surface area (Å²) in [5.41, 5.74) is 0.400. The summed E-state index contributed by atoms with van der Waals surface area (Å²) in [4.78, 5) is 9.83. The van der Waals surface area contributed by atoms with E-state index >= 15 is 0 Å². The minimum atomic E-state index is -0.652. The van der Waals surface area contributed by atoms with Crippen molar-refractivity contribution in [3.63, 3.8) is 0 Å². The molecule has 0 N–H and O–H groups in total. The van der Waals surface area contributed by atoms with E-state index in [1.54, 1.807) is 13.0 Å². The SMILES string of the molecule is Cc1cc(Cl)c([N+](=O)[O-])c(C#N)c1. The predicted molar refractivity (Wildman–Crippen MR) is 47.6 cm³/mol. The molecule has 0 spiro atoms. The molecule has 0 unspecified atom stereocenters. The minimum Gasteiger partial charge on any atom is -0.258 e. The Morgan fingerprint density at radius 2 is 2.23 bits per heavy atom. The summed E-state index contributed by atoms with van der Waals surface area (Å²) in [6.45, 7) is 1.72. The Morgan fingerprint density at radius 3 is 2.69 bits per heavy atom. The molecule has 0 aliphatic carbocycles. The Hall–Kier alpha value is -1.60. The summed E-state index contributed by atoms with van der Waals surface area (Å²) < 4.78 is 0. The molecule has 1 aromatic carbocycles. The van der Waals surface area contributed by atoms with Crippen molar-refractivity contribution in [2.45, 2.75) is 6.92 Å². The first-order valence-corrected chi connectivity index (χ1v) is 3.78. The normalized spacial score (nSPS) is 9.31. The van der Waals surface area contributed by atoms with E-state index in [2.05, 4.69) is 0 Å². The van der Waals surface area contributed by atoms with Gasteiger partial charge in [-0.25, -0.2) is 0 Å². The van der Waals surface area contributed by atoms with Crippen LogP contribution in [0.5, 0.6) is 0 Å². The Labute approximate surface area is 79.5 Å². The van der Waals surface area contributed by atoms with E-state index in [0.29, 0.717) is 0 Å². The number of aryl methyl sites for hydroxylation is 1. The van der Waals surface area contributed by atoms with Gasteiger partial charge in [-0.15, -0.1) is 0 Å². The second-order valence-electron chi connectivity index (χ2n) is 2.51. The maximum absolute atomic E-state index is 10.5. The highest BCUT2D eigenvalue weighted by molar-refractivity contribution is 6.33. The molecule has 0 radical (unpaired) electrons. The van der Waals surface area contributed by atoms with Crippen LogP contribution in [-0.4, -0.2) is 4.92 Å². The number of nitro benzene ring substituents is 1. The van der Waals surface area contributed by atoms with E-state index in [0.717, 1.165) is 5.56 Å². The van der Waals surface area contributed by atoms with Crippen LogP contribution >= 0.6 is 11.6 Å². The van der Waals surface area contributed by atoms with E-state index in [9.17, 15) is 10.1 Å². The molecule has 0 saturated carbocycles. The zero-order chi connectivity index (χ0) is 10.0. The lowest BCUT2D eigenvalue weighted by Gasteiger charge is -1.98. The molecule has 0 aliphatic heterocycles. The van der Waals surface area contributed by atoms with Gasteiger partial charge in [-0.05, 0) is 24.6 Å². The molecule has 0 atom stereocenters. The number of nitrogens with zero attached hydrogens (tertiary/aromatic N) is 2. The summed E-state index contributed by atoms with van der Waals surface area (Å²) in [5.74, 6) is 0. The maximum atomic E-state index is 10.5. The van der Waals surface area contributed by atoms with Crippen molar-refractivity contribution in [3.05, 3.63) is 38.4 Å². The van der Waals surface area contributed by atoms with Gasteiger partial charge >= 0.3 is 5.69 Å². The summed E-state index contributed by atoms with van der Waals surface area (Å²) in [6.07, 6.45) is 0. The van der Waals surface area contributed by atoms with Gasteiger partial charge in [0.25, 0.3) is 0 Å². The Balaban J connectivity index is 3.50. The van der Waals surface area contributed by atoms with Crippen molar-refractivity contribution in [2.75, 3.05) is 0 Å². The molecule has 66 valence electrons. The van der Waals surface area contributed by atoms with Crippen LogP contribution in [0.15, 0.2) is 12.1 Å². The van der Waals surface area contributed by atoms with Gasteiger partial charge in [0.15, 0.2) is 0 Å². The summed E-state index contributed by atoms with van der Waals surface area (Å²) in [7, 11) is 0. The lowest BCUT2D eigenvalue weighted by Crippen LogP contribution is -1.94. The fourth-order valence-corrected chi connectivity index (χ4v) is 1.35. The third kappa shape index (κ3) is 1.76. The number of hydrogen-bond donors (Lipinski definition) is 0. The fraction of sp³-hybridized carbons (Fsp3) is 0.125. The summed E-state index contributed by atoms with van der Waals surface area (Å²) >= 11 is 5.62. The molecule has 0 saturated heterocycles. The fourth-order valence-electron chi connectivity index (χ4n) is 1.01. The van der Waals surface area contributed by atoms with Crippen LogP contribution in [0.3, 0.4) is 0 Å². The second kappa shape index (κ2) is 3.42. The lowest BCUT2D eigenvalue weighted by molar-refractivity contribution is -0.385. The second-order valence-corrected chi connectivity index (χ2v) is 2.92. The van der Waals surface area contributed by atoms with Gasteiger partial charge in [-0.1, -0.05) is 11.6 Å². The van der Waals surface area contributed by atoms with E-state index in [4.69, 9.17) is 16.9 Å². The van der Waals surface area contributed by atoms with Crippen LogP contribution in [0.2, 0.25) is 5.02 Å². The summed E-state index contributed by atoms with van der Waals surface area (Å²) in [6, 6.07) is 4.63. The van der Waals surface area contributed by atoms with Crippen LogP contribution in [-0.2, 0) is 0 Å². The lowest BCUT2D eigenvalue weighted by atomic mass is 10.1. The Morgan fingerprint density at radius 1 is 1.62 bits per heavy atom. The number of halogens is 1. The number of nitriles is 1. The highest BCUT2D eigenvalue weighted by Gasteiger charge is 2.18. The Bertz CT molecular complexity index is 409. The average molecular weight is 197 g/mol. The highest BCUT2D eigenvalue weighted by atomic mass is 35.5. The topological polar surface area (TPSA) is 66.9 Å². The van der Waals surface area contributed by atoms with Crippen molar-refractivity contribution < 1.29 is 4.92 Å². The molecule has 1 aromatic rings. The third-order valence-corrected chi connectivity index (χ3v) is 1.80. The molecule has 0 heterocycles. The van der Waals surface area contributed by atoms with E-state index in [1.165, 1.54) is 12.1 Å². The van der Waals surface area contributed by atoms with Gasteiger partial charge in [0.2, 0.25) is 0 Å². The molecule has 0 fully saturated rings. The maximum Gasteiger partial charge on any atom is 0.305 e. The van der Waals surface area contributed by atoms with Gasteiger partial charge in [-0.2, -0.15) is 5.26 Å². The molecule has 0 aliphatic rings. The first kappa shape index (κ1) is 9.49. The van der Waals surface area contributed by atoms with Crippen molar-refractivity contribution in [3.8, 4) is 6.07 Å². The van der Waals surface area contributed by atoms with Crippen LogP contribution in [0, 0.1) is 28.4 Å². The van der Waals surface area contributed by atoms with Crippen molar-refractivity contribution >= 4 is 17.3 Å². The molecule has 1 rings (SSSR count). The largest absolute Gasteiger partial charge is 0.305 e. The first-order chi connectivity index (χ1) is 6.06. The molecular weight excluding hydrogens is 192 g/mol. The number of hydrogen-bond acceptors (Lipinski definition) is 3. The van der Waals surface area contributed by atoms with E-state index in [-0.39, 0.29) is 16.3 Å². The molecule has 13 heavy (non-hydrogen) atoms. The summed E-state index contributed by atoms with van der Waals surface area (Å²) in [5, 5.41) is 19.1. The van der Waals surface area contributed by atoms with Crippen molar-refractivity contribution in [1.82, 2.24) is 0 Å². The van der Waals surface area contributed by atoms with Crippen LogP contribution < -0.4 is 0 Å². The molecule has 4 nitrogen and oxygen atoms in total. The highest BCUT2D eigenvalue weighted by Crippen LogP contribution is 2.29. The van der Waals surface area contributed by atoms with Crippen LogP contribution in [0.4, 0.5) is 5.69 Å². The molecule has 5 heteroatoms. The predicted octanol–water partition coefficient (Wildman–Crippen LogP) is 2.43. The first-order valence-electron chi connectivity index (χ1n) is 3.41. The zero-order valence-electron chi connectivity index (χ0n) is 6.74.